The van der Waals surface area contributed by atoms with Crippen molar-refractivity contribution in [3.63, 3.8) is 0 Å². The first-order valence-corrected chi connectivity index (χ1v) is 5.12. The molecular formula is C9H8BrN3. The molecule has 2 heterocycles. The van der Waals surface area contributed by atoms with Gasteiger partial charge in [-0.1, -0.05) is 0 Å². The van der Waals surface area contributed by atoms with Crippen LogP contribution in [0.15, 0.2) is 23.1 Å². The van der Waals surface area contributed by atoms with Crippen LogP contribution in [0.5, 0.6) is 0 Å². The van der Waals surface area contributed by atoms with Gasteiger partial charge in [0.15, 0.2) is 5.65 Å². The highest BCUT2D eigenvalue weighted by atomic mass is 79.9. The van der Waals surface area contributed by atoms with Crippen LogP contribution in [0.1, 0.15) is 24.3 Å². The van der Waals surface area contributed by atoms with Crippen LogP contribution in [0, 0.1) is 0 Å². The summed E-state index contributed by atoms with van der Waals surface area (Å²) in [5.74, 6) is 0.714. The van der Waals surface area contributed by atoms with E-state index in [-0.39, 0.29) is 0 Å². The Balaban J connectivity index is 2.26. The third-order valence-electron chi connectivity index (χ3n) is 2.37. The Labute approximate surface area is 83.9 Å². The first-order valence-electron chi connectivity index (χ1n) is 4.33. The van der Waals surface area contributed by atoms with E-state index in [1.165, 1.54) is 18.4 Å². The maximum Gasteiger partial charge on any atom is 0.158 e. The first kappa shape index (κ1) is 7.50. The minimum atomic E-state index is 0.714. The second-order valence-corrected chi connectivity index (χ2v) is 4.33. The molecule has 1 fully saturated rings. The highest BCUT2D eigenvalue weighted by Gasteiger charge is 2.27. The number of aromatic nitrogens is 3. The van der Waals surface area contributed by atoms with Crippen LogP contribution >= 0.6 is 15.9 Å². The lowest BCUT2D eigenvalue weighted by molar-refractivity contribution is 0.933. The van der Waals surface area contributed by atoms with Gasteiger partial charge in [0.25, 0.3) is 0 Å². The van der Waals surface area contributed by atoms with Gasteiger partial charge in [0.2, 0.25) is 0 Å². The van der Waals surface area contributed by atoms with Crippen molar-refractivity contribution in [1.82, 2.24) is 14.6 Å². The molecular weight excluding hydrogens is 230 g/mol. The van der Waals surface area contributed by atoms with Crippen molar-refractivity contribution in [1.29, 1.82) is 0 Å². The molecule has 0 unspecified atom stereocenters. The predicted octanol–water partition coefficient (Wildman–Crippen LogP) is 2.37. The Hall–Kier alpha value is -0.900. The Morgan fingerprint density at radius 3 is 3.00 bits per heavy atom. The van der Waals surface area contributed by atoms with Gasteiger partial charge in [0.1, 0.15) is 0 Å². The summed E-state index contributed by atoms with van der Waals surface area (Å²) in [5.41, 5.74) is 2.30. The minimum absolute atomic E-state index is 0.714. The largest absolute Gasteiger partial charge is 0.236 e. The molecule has 1 aliphatic carbocycles. The zero-order valence-electron chi connectivity index (χ0n) is 6.94. The van der Waals surface area contributed by atoms with Crippen molar-refractivity contribution in [2.45, 2.75) is 18.8 Å². The second kappa shape index (κ2) is 2.54. The molecule has 0 aliphatic heterocycles. The predicted molar refractivity (Wildman–Crippen MR) is 52.7 cm³/mol. The van der Waals surface area contributed by atoms with Crippen LogP contribution in [0.4, 0.5) is 0 Å². The van der Waals surface area contributed by atoms with E-state index in [4.69, 9.17) is 0 Å². The number of halogens is 1. The number of hydrogen-bond acceptors (Lipinski definition) is 2. The van der Waals surface area contributed by atoms with Gasteiger partial charge in [-0.25, -0.2) is 9.50 Å². The molecule has 1 aliphatic rings. The minimum Gasteiger partial charge on any atom is -0.236 e. The van der Waals surface area contributed by atoms with Crippen LogP contribution in [0.3, 0.4) is 0 Å². The Kier molecular flexibility index (Phi) is 1.47. The summed E-state index contributed by atoms with van der Waals surface area (Å²) in [5, 5.41) is 4.26. The van der Waals surface area contributed by atoms with Gasteiger partial charge in [0.05, 0.1) is 10.7 Å². The quantitative estimate of drug-likeness (QED) is 0.763. The van der Waals surface area contributed by atoms with Crippen molar-refractivity contribution in [2.24, 2.45) is 0 Å². The summed E-state index contributed by atoms with van der Waals surface area (Å²) >= 11 is 3.37. The number of fused-ring (bicyclic) bond motifs is 1. The molecule has 0 bridgehead atoms. The smallest absolute Gasteiger partial charge is 0.158 e. The van der Waals surface area contributed by atoms with Crippen LogP contribution in [0.2, 0.25) is 0 Å². The van der Waals surface area contributed by atoms with E-state index in [1.54, 1.807) is 0 Å². The van der Waals surface area contributed by atoms with E-state index >= 15 is 0 Å². The van der Waals surface area contributed by atoms with E-state index < -0.39 is 0 Å². The Morgan fingerprint density at radius 2 is 2.23 bits per heavy atom. The number of rotatable bonds is 1. The first-order chi connectivity index (χ1) is 6.34. The van der Waals surface area contributed by atoms with E-state index in [1.807, 2.05) is 23.1 Å². The van der Waals surface area contributed by atoms with Gasteiger partial charge in [-0.15, -0.1) is 0 Å². The maximum atomic E-state index is 4.36. The van der Waals surface area contributed by atoms with Crippen LogP contribution in [-0.4, -0.2) is 14.6 Å². The molecule has 0 N–H and O–H groups in total. The zero-order valence-corrected chi connectivity index (χ0v) is 8.53. The van der Waals surface area contributed by atoms with Gasteiger partial charge in [-0.05, 0) is 34.7 Å². The average molecular weight is 238 g/mol. The van der Waals surface area contributed by atoms with E-state index in [0.29, 0.717) is 5.92 Å². The van der Waals surface area contributed by atoms with E-state index in [0.717, 1.165) is 10.1 Å². The lowest BCUT2D eigenvalue weighted by Crippen LogP contribution is -1.89. The third-order valence-corrected chi connectivity index (χ3v) is 2.78. The number of nitrogens with zero attached hydrogens (tertiary/aromatic N) is 3. The summed E-state index contributed by atoms with van der Waals surface area (Å²) < 4.78 is 2.79. The van der Waals surface area contributed by atoms with E-state index in [2.05, 4.69) is 26.0 Å². The molecule has 2 aromatic rings. The molecule has 3 nitrogen and oxygen atoms in total. The SMILES string of the molecule is Brc1cnc2c(C3CC3)cnn2c1. The Morgan fingerprint density at radius 1 is 1.38 bits per heavy atom. The topological polar surface area (TPSA) is 30.2 Å². The van der Waals surface area contributed by atoms with Gasteiger partial charge in [0, 0.05) is 18.0 Å². The van der Waals surface area contributed by atoms with Crippen LogP contribution in [-0.2, 0) is 0 Å². The van der Waals surface area contributed by atoms with Crippen LogP contribution in [0.25, 0.3) is 5.65 Å². The summed E-state index contributed by atoms with van der Waals surface area (Å²) in [6, 6.07) is 0. The molecule has 0 amide bonds. The van der Waals surface area contributed by atoms with Gasteiger partial charge < -0.3 is 0 Å². The molecule has 0 spiro atoms. The molecule has 4 heteroatoms. The molecule has 0 saturated heterocycles. The third kappa shape index (κ3) is 1.16. The maximum absolute atomic E-state index is 4.36. The summed E-state index contributed by atoms with van der Waals surface area (Å²) in [6.07, 6.45) is 8.28. The van der Waals surface area contributed by atoms with Gasteiger partial charge >= 0.3 is 0 Å². The Bertz CT molecular complexity index is 459. The van der Waals surface area contributed by atoms with Crippen molar-refractivity contribution < 1.29 is 0 Å². The molecule has 0 aromatic carbocycles. The fourth-order valence-corrected chi connectivity index (χ4v) is 1.85. The molecule has 2 aromatic heterocycles. The summed E-state index contributed by atoms with van der Waals surface area (Å²) in [7, 11) is 0. The standard InChI is InChI=1S/C9H8BrN3/c10-7-3-11-9-8(6-1-2-6)4-12-13(9)5-7/h3-6H,1-2H2. The highest BCUT2D eigenvalue weighted by Crippen LogP contribution is 2.41. The average Bonchev–Trinajstić information content (AvgIpc) is 2.87. The molecule has 13 heavy (non-hydrogen) atoms. The zero-order chi connectivity index (χ0) is 8.84. The van der Waals surface area contributed by atoms with Crippen molar-refractivity contribution in [3.05, 3.63) is 28.6 Å². The lowest BCUT2D eigenvalue weighted by atomic mass is 10.2. The number of hydrogen-bond donors (Lipinski definition) is 0. The van der Waals surface area contributed by atoms with Crippen molar-refractivity contribution >= 4 is 21.6 Å². The monoisotopic (exact) mass is 237 g/mol. The second-order valence-electron chi connectivity index (χ2n) is 3.41. The van der Waals surface area contributed by atoms with Gasteiger partial charge in [-0.3, -0.25) is 0 Å². The summed E-state index contributed by atoms with van der Waals surface area (Å²) in [6.45, 7) is 0. The lowest BCUT2D eigenvalue weighted by Gasteiger charge is -1.95. The van der Waals surface area contributed by atoms with Crippen molar-refractivity contribution in [3.8, 4) is 0 Å². The van der Waals surface area contributed by atoms with Gasteiger partial charge in [-0.2, -0.15) is 5.10 Å². The molecule has 3 rings (SSSR count). The summed E-state index contributed by atoms with van der Waals surface area (Å²) in [4.78, 5) is 4.36. The normalized spacial score (nSPS) is 16.7. The highest BCUT2D eigenvalue weighted by molar-refractivity contribution is 9.10. The van der Waals surface area contributed by atoms with Crippen LogP contribution < -0.4 is 0 Å². The van der Waals surface area contributed by atoms with E-state index in [9.17, 15) is 0 Å². The van der Waals surface area contributed by atoms with Crippen molar-refractivity contribution in [2.75, 3.05) is 0 Å². The molecule has 0 atom stereocenters. The fourth-order valence-electron chi connectivity index (χ4n) is 1.55. The fraction of sp³-hybridized carbons (Fsp3) is 0.333. The molecule has 66 valence electrons. The molecule has 1 saturated carbocycles. The molecule has 0 radical (unpaired) electrons.